The lowest BCUT2D eigenvalue weighted by Crippen LogP contribution is -2.00. The van der Waals surface area contributed by atoms with Crippen molar-refractivity contribution in [3.63, 3.8) is 0 Å². The van der Waals surface area contributed by atoms with E-state index in [0.717, 1.165) is 15.6 Å². The van der Waals surface area contributed by atoms with Crippen molar-refractivity contribution >= 4 is 28.0 Å². The van der Waals surface area contributed by atoms with Gasteiger partial charge in [-0.15, -0.1) is 0 Å². The highest BCUT2D eigenvalue weighted by molar-refractivity contribution is 9.10. The van der Waals surface area contributed by atoms with E-state index < -0.39 is 5.97 Å². The van der Waals surface area contributed by atoms with Gasteiger partial charge in [-0.05, 0) is 35.9 Å². The molecule has 0 unspecified atom stereocenters. The highest BCUT2D eigenvalue weighted by atomic mass is 79.9. The van der Waals surface area contributed by atoms with Gasteiger partial charge in [0.05, 0.1) is 28.4 Å². The largest absolute Gasteiger partial charge is 0.493 e. The number of methoxy groups -OCH3 is 4. The first-order valence-electron chi connectivity index (χ1n) is 7.99. The normalized spacial score (nSPS) is 10.6. The minimum absolute atomic E-state index is 0.300. The van der Waals surface area contributed by atoms with Gasteiger partial charge in [0.2, 0.25) is 0 Å². The molecule has 0 N–H and O–H groups in total. The molecule has 0 aliphatic rings. The van der Waals surface area contributed by atoms with Gasteiger partial charge in [0.25, 0.3) is 0 Å². The number of halogens is 1. The summed E-state index contributed by atoms with van der Waals surface area (Å²) in [6.07, 6.45) is 2.99. The van der Waals surface area contributed by atoms with E-state index in [9.17, 15) is 4.79 Å². The van der Waals surface area contributed by atoms with Crippen molar-refractivity contribution in [1.29, 1.82) is 0 Å². The molecule has 2 aromatic carbocycles. The number of carbonyl (C=O) groups excluding carboxylic acids is 1. The van der Waals surface area contributed by atoms with E-state index in [1.54, 1.807) is 39.5 Å². The molecule has 0 aromatic heterocycles. The second-order valence-electron chi connectivity index (χ2n) is 5.35. The molecule has 7 heteroatoms. The van der Waals surface area contributed by atoms with Gasteiger partial charge in [0.15, 0.2) is 23.0 Å². The Labute approximate surface area is 166 Å². The van der Waals surface area contributed by atoms with Crippen molar-refractivity contribution in [1.82, 2.24) is 0 Å². The summed E-state index contributed by atoms with van der Waals surface area (Å²) in [6.45, 7) is 0.300. The monoisotopic (exact) mass is 436 g/mol. The maximum absolute atomic E-state index is 11.2. The van der Waals surface area contributed by atoms with Crippen LogP contribution in [0.3, 0.4) is 0 Å². The molecule has 0 aliphatic heterocycles. The lowest BCUT2D eigenvalue weighted by atomic mass is 10.2. The smallest absolute Gasteiger partial charge is 0.330 e. The summed E-state index contributed by atoms with van der Waals surface area (Å²) in [5.74, 6) is 1.96. The van der Waals surface area contributed by atoms with Crippen LogP contribution in [-0.2, 0) is 16.1 Å². The zero-order valence-electron chi connectivity index (χ0n) is 15.6. The summed E-state index contributed by atoms with van der Waals surface area (Å²) < 4.78 is 27.3. The standard InChI is InChI=1S/C20H21BrO6/c1-23-17-9-13(6-8-20(22)26-4)5-7-16(17)27-12-14-10-18(24-2)19(25-3)11-15(14)21/h5-11H,12H2,1-4H3/b8-6+. The molecular formula is C20H21BrO6. The first kappa shape index (κ1) is 20.6. The molecule has 0 aliphatic carbocycles. The second kappa shape index (κ2) is 9.87. The van der Waals surface area contributed by atoms with Crippen molar-refractivity contribution in [3.8, 4) is 23.0 Å². The quantitative estimate of drug-likeness (QED) is 0.455. The van der Waals surface area contributed by atoms with E-state index in [-0.39, 0.29) is 0 Å². The molecule has 0 saturated heterocycles. The van der Waals surface area contributed by atoms with Gasteiger partial charge < -0.3 is 23.7 Å². The third-order valence-corrected chi connectivity index (χ3v) is 4.47. The fourth-order valence-electron chi connectivity index (χ4n) is 2.30. The van der Waals surface area contributed by atoms with Crippen LogP contribution in [0.2, 0.25) is 0 Å². The SMILES string of the molecule is COC(=O)/C=C/c1ccc(OCc2cc(OC)c(OC)cc2Br)c(OC)c1. The summed E-state index contributed by atoms with van der Waals surface area (Å²) in [4.78, 5) is 11.2. The number of hydrogen-bond acceptors (Lipinski definition) is 6. The zero-order valence-corrected chi connectivity index (χ0v) is 17.2. The molecule has 2 rings (SSSR count). The fraction of sp³-hybridized carbons (Fsp3) is 0.250. The summed E-state index contributed by atoms with van der Waals surface area (Å²) in [6, 6.07) is 9.06. The molecule has 0 fully saturated rings. The molecule has 0 amide bonds. The van der Waals surface area contributed by atoms with Gasteiger partial charge in [0, 0.05) is 16.1 Å². The number of hydrogen-bond donors (Lipinski definition) is 0. The predicted octanol–water partition coefficient (Wildman–Crippen LogP) is 4.24. The fourth-order valence-corrected chi connectivity index (χ4v) is 2.74. The highest BCUT2D eigenvalue weighted by Crippen LogP contribution is 2.35. The summed E-state index contributed by atoms with van der Waals surface area (Å²) in [5, 5.41) is 0. The molecule has 0 bridgehead atoms. The average Bonchev–Trinajstić information content (AvgIpc) is 2.70. The molecule has 0 spiro atoms. The molecule has 144 valence electrons. The van der Waals surface area contributed by atoms with E-state index in [1.807, 2.05) is 18.2 Å². The Morgan fingerprint density at radius 3 is 2.19 bits per heavy atom. The Morgan fingerprint density at radius 1 is 0.926 bits per heavy atom. The van der Waals surface area contributed by atoms with Crippen molar-refractivity contribution in [2.45, 2.75) is 6.61 Å². The molecule has 0 radical (unpaired) electrons. The Morgan fingerprint density at radius 2 is 1.56 bits per heavy atom. The van der Waals surface area contributed by atoms with E-state index in [4.69, 9.17) is 18.9 Å². The van der Waals surface area contributed by atoms with Gasteiger partial charge in [-0.25, -0.2) is 4.79 Å². The Hall–Kier alpha value is -2.67. The van der Waals surface area contributed by atoms with E-state index in [2.05, 4.69) is 20.7 Å². The maximum Gasteiger partial charge on any atom is 0.330 e. The van der Waals surface area contributed by atoms with Crippen LogP contribution in [0.1, 0.15) is 11.1 Å². The van der Waals surface area contributed by atoms with Crippen LogP contribution < -0.4 is 18.9 Å². The average molecular weight is 437 g/mol. The molecule has 6 nitrogen and oxygen atoms in total. The van der Waals surface area contributed by atoms with Gasteiger partial charge in [-0.3, -0.25) is 0 Å². The van der Waals surface area contributed by atoms with Crippen molar-refractivity contribution < 1.29 is 28.5 Å². The van der Waals surface area contributed by atoms with Crippen molar-refractivity contribution in [2.24, 2.45) is 0 Å². The topological polar surface area (TPSA) is 63.2 Å². The van der Waals surface area contributed by atoms with Crippen LogP contribution in [0, 0.1) is 0 Å². The van der Waals surface area contributed by atoms with Gasteiger partial charge in [0.1, 0.15) is 6.61 Å². The number of benzene rings is 2. The van der Waals surface area contributed by atoms with Crippen molar-refractivity contribution in [2.75, 3.05) is 28.4 Å². The number of ether oxygens (including phenoxy) is 5. The third-order valence-electron chi connectivity index (χ3n) is 3.74. The van der Waals surface area contributed by atoms with E-state index >= 15 is 0 Å². The van der Waals surface area contributed by atoms with E-state index in [1.165, 1.54) is 13.2 Å². The maximum atomic E-state index is 11.2. The van der Waals surface area contributed by atoms with Crippen molar-refractivity contribution in [3.05, 3.63) is 52.0 Å². The molecule has 27 heavy (non-hydrogen) atoms. The molecule has 2 aromatic rings. The summed E-state index contributed by atoms with van der Waals surface area (Å²) in [7, 11) is 6.06. The number of carbonyl (C=O) groups is 1. The van der Waals surface area contributed by atoms with Gasteiger partial charge in [-0.1, -0.05) is 22.0 Å². The number of rotatable bonds is 8. The van der Waals surface area contributed by atoms with E-state index in [0.29, 0.717) is 29.6 Å². The Bertz CT molecular complexity index is 831. The number of esters is 1. The zero-order chi connectivity index (χ0) is 19.8. The lowest BCUT2D eigenvalue weighted by molar-refractivity contribution is -0.134. The predicted molar refractivity (Wildman–Crippen MR) is 106 cm³/mol. The third kappa shape index (κ3) is 5.40. The Kier molecular flexibility index (Phi) is 7.55. The van der Waals surface area contributed by atoms with Crippen LogP contribution in [-0.4, -0.2) is 34.4 Å². The molecule has 0 heterocycles. The first-order valence-corrected chi connectivity index (χ1v) is 8.79. The van der Waals surface area contributed by atoms with Crippen LogP contribution in [0.15, 0.2) is 40.9 Å². The summed E-state index contributed by atoms with van der Waals surface area (Å²) >= 11 is 3.51. The summed E-state index contributed by atoms with van der Waals surface area (Å²) in [5.41, 5.74) is 1.68. The highest BCUT2D eigenvalue weighted by Gasteiger charge is 2.12. The second-order valence-corrected chi connectivity index (χ2v) is 6.21. The van der Waals surface area contributed by atoms with Gasteiger partial charge >= 0.3 is 5.97 Å². The van der Waals surface area contributed by atoms with Gasteiger partial charge in [-0.2, -0.15) is 0 Å². The molecule has 0 atom stereocenters. The minimum Gasteiger partial charge on any atom is -0.493 e. The molecular weight excluding hydrogens is 416 g/mol. The van der Waals surface area contributed by atoms with Crippen LogP contribution in [0.4, 0.5) is 0 Å². The Balaban J connectivity index is 2.18. The lowest BCUT2D eigenvalue weighted by Gasteiger charge is -2.14. The van der Waals surface area contributed by atoms with Crippen LogP contribution in [0.25, 0.3) is 6.08 Å². The first-order chi connectivity index (χ1) is 13.0. The minimum atomic E-state index is -0.424. The molecule has 0 saturated carbocycles. The van der Waals surface area contributed by atoms with Crippen LogP contribution in [0.5, 0.6) is 23.0 Å². The van der Waals surface area contributed by atoms with Crippen LogP contribution >= 0.6 is 15.9 Å².